The van der Waals surface area contributed by atoms with E-state index in [0.717, 1.165) is 18.8 Å². The Labute approximate surface area is 821 Å². The van der Waals surface area contributed by atoms with E-state index in [1.54, 1.807) is 27.7 Å². The fraction of sp³-hybridized carbons (Fsp3) is 0.916. The van der Waals surface area contributed by atoms with Gasteiger partial charge in [0.2, 0.25) is 6.29 Å². The van der Waals surface area contributed by atoms with Crippen LogP contribution in [0.5, 0.6) is 0 Å². The Morgan fingerprint density at radius 2 is 1.05 bits per heavy atom. The van der Waals surface area contributed by atoms with Crippen LogP contribution >= 0.6 is 0 Å². The van der Waals surface area contributed by atoms with Crippen LogP contribution in [0.4, 0.5) is 0 Å². The topological polar surface area (TPSA) is 723 Å². The summed E-state index contributed by atoms with van der Waals surface area (Å²) in [4.78, 5) is 86.6. The normalized spacial score (nSPS) is 48.2. The van der Waals surface area contributed by atoms with Crippen LogP contribution in [0.3, 0.4) is 0 Å². The molecule has 8 saturated heterocycles. The monoisotopic (exact) mass is 2040 g/mol. The van der Waals surface area contributed by atoms with Gasteiger partial charge < -0.3 is 207 Å². The van der Waals surface area contributed by atoms with Crippen LogP contribution in [0, 0.1) is 62.1 Å². The van der Waals surface area contributed by atoms with Crippen molar-refractivity contribution < 1.29 is 231 Å². The van der Waals surface area contributed by atoms with E-state index < -0.39 is 383 Å². The van der Waals surface area contributed by atoms with Gasteiger partial charge in [-0.15, -0.1) is 0 Å². The van der Waals surface area contributed by atoms with E-state index in [1.807, 2.05) is 27.7 Å². The number of allylic oxidation sites excluding steroid dienone is 2. The number of hydrogen-bond donors (Lipinski definition) is 22. The number of carboxylic acids is 1. The first-order chi connectivity index (χ1) is 66.6. The summed E-state index contributed by atoms with van der Waals surface area (Å²) in [5, 5.41) is 245. The van der Waals surface area contributed by atoms with Crippen LogP contribution in [0.25, 0.3) is 0 Å². The fourth-order valence-corrected chi connectivity index (χ4v) is 24.7. The standard InChI is InChI=1S/C95H152O47/c1-15-37(3)48(130-56(105)27-44(102)26-49(38(4)16-2)131-83-64(113)60(109)51(32-97)132-83)25-43(101)28-57(106)135-71-41(7)128-85(77(75(71)129-42(8)100)141-82-67(116)63(112)70(40(6)127-82)136-80-69(118)72(47(103)33-124-80)137-87-78(119)94(123,35-99)36-125-87)142-88(122)95-24-23-89(9,10)29-46(95)45-17-18-53-90(11)21-20-55(91(12,34-98)52(90)19-22-92(53,13)93(45,14)30-54(95)104)134-86-76(140-84-66(115)62(111)59(108)50(31-96)133-84)73(68(117)74(139-86)79(120)121)138-81-65(114)61(110)58(107)39(5)126-81/h17,34,37-41,43-44,46-55,58-78,80-87,96-97,99,101-104,107-119,123H,15-16,18-33,35-36H2,1-14H3,(H,120,121). The zero-order valence-corrected chi connectivity index (χ0v) is 82.4. The van der Waals surface area contributed by atoms with Gasteiger partial charge >= 0.3 is 29.8 Å². The average Bonchev–Trinajstić information content (AvgIpc) is 0.728. The Morgan fingerprint density at radius 1 is 0.507 bits per heavy atom. The van der Waals surface area contributed by atoms with Crippen LogP contribution < -0.4 is 0 Å². The molecule has 814 valence electrons. The van der Waals surface area contributed by atoms with Gasteiger partial charge in [0, 0.05) is 19.8 Å². The van der Waals surface area contributed by atoms with Crippen molar-refractivity contribution >= 4 is 36.1 Å². The number of carbonyl (C=O) groups excluding carboxylic acids is 5. The van der Waals surface area contributed by atoms with Crippen molar-refractivity contribution in [1.82, 2.24) is 0 Å². The third-order valence-electron chi connectivity index (χ3n) is 33.9. The van der Waals surface area contributed by atoms with E-state index in [1.165, 1.54) is 20.8 Å². The lowest BCUT2D eigenvalue weighted by Crippen LogP contribution is -2.69. The molecule has 0 radical (unpaired) electrons. The maximum absolute atomic E-state index is 16.6. The molecule has 22 N–H and O–H groups in total. The van der Waals surface area contributed by atoms with E-state index in [-0.39, 0.29) is 56.8 Å². The third kappa shape index (κ3) is 22.2. The molecule has 12 fully saturated rings. The molecular weight excluding hydrogens is 1890 g/mol. The van der Waals surface area contributed by atoms with Gasteiger partial charge in [0.1, 0.15) is 145 Å². The average molecular weight is 2050 g/mol. The quantitative estimate of drug-likeness (QED) is 0.00921. The Hall–Kier alpha value is -4.68. The van der Waals surface area contributed by atoms with Crippen molar-refractivity contribution in [2.45, 2.75) is 451 Å². The molecule has 8 aliphatic heterocycles. The van der Waals surface area contributed by atoms with E-state index >= 15 is 4.79 Å². The van der Waals surface area contributed by atoms with Gasteiger partial charge in [0.15, 0.2) is 68.4 Å². The molecule has 142 heavy (non-hydrogen) atoms. The second-order valence-electron chi connectivity index (χ2n) is 43.6. The lowest BCUT2D eigenvalue weighted by molar-refractivity contribution is -0.394. The molecule has 0 aromatic heterocycles. The van der Waals surface area contributed by atoms with Gasteiger partial charge in [-0.1, -0.05) is 93.7 Å². The third-order valence-corrected chi connectivity index (χ3v) is 33.9. The highest BCUT2D eigenvalue weighted by Crippen LogP contribution is 2.76. The van der Waals surface area contributed by atoms with Crippen molar-refractivity contribution in [2.24, 2.45) is 62.1 Å². The summed E-state index contributed by atoms with van der Waals surface area (Å²) in [5.74, 6) is -8.46. The minimum Gasteiger partial charge on any atom is -0.479 e. The zero-order valence-electron chi connectivity index (χ0n) is 82.4. The summed E-state index contributed by atoms with van der Waals surface area (Å²) in [6.07, 6.45) is -68.6. The highest BCUT2D eigenvalue weighted by molar-refractivity contribution is 5.80. The van der Waals surface area contributed by atoms with Crippen molar-refractivity contribution in [3.8, 4) is 0 Å². The number of carboxylic acid groups (broad SMARTS) is 1. The molecular formula is C95H152O47. The van der Waals surface area contributed by atoms with Crippen LogP contribution in [-0.4, -0.2) is 439 Å². The molecule has 47 heteroatoms. The number of aliphatic hydroxyl groups excluding tert-OH is 20. The number of aliphatic carboxylic acids is 1. The summed E-state index contributed by atoms with van der Waals surface area (Å²) < 4.78 is 116. The summed E-state index contributed by atoms with van der Waals surface area (Å²) in [5.41, 5.74) is -7.88. The van der Waals surface area contributed by atoms with Gasteiger partial charge in [-0.25, -0.2) is 4.79 Å². The van der Waals surface area contributed by atoms with Crippen molar-refractivity contribution in [3.05, 3.63) is 11.6 Å². The van der Waals surface area contributed by atoms with Crippen LogP contribution in [-0.2, 0) is 119 Å². The molecule has 5 aliphatic carbocycles. The van der Waals surface area contributed by atoms with Crippen LogP contribution in [0.2, 0.25) is 0 Å². The molecule has 13 aliphatic rings. The molecule has 0 amide bonds. The molecule has 0 aromatic carbocycles. The number of rotatable bonds is 36. The number of aldehydes is 1. The van der Waals surface area contributed by atoms with Crippen molar-refractivity contribution in [1.29, 1.82) is 0 Å². The molecule has 8 heterocycles. The summed E-state index contributed by atoms with van der Waals surface area (Å²) in [7, 11) is 0. The van der Waals surface area contributed by atoms with Gasteiger partial charge in [0.25, 0.3) is 0 Å². The molecule has 0 spiro atoms. The fourth-order valence-electron chi connectivity index (χ4n) is 24.7. The number of ether oxygens (including phenoxy) is 19. The smallest absolute Gasteiger partial charge is 0.335 e. The Balaban J connectivity index is 0.769. The van der Waals surface area contributed by atoms with Gasteiger partial charge in [0.05, 0.1) is 100 Å². The molecule has 52 atom stereocenters. The second-order valence-corrected chi connectivity index (χ2v) is 43.6. The first kappa shape index (κ1) is 114. The number of esters is 4. The SMILES string of the molecule is CCC(C)C(CC(O)CC(=O)OC1C(C)OC(OC(=O)C23CCC(C)(C)CC2C2=CCC4C5(C)CCC(OC6OC(C(=O)O)C(O)C(OC7OC(C)C(O)C(O)C7O)C6OC6OC(CO)C(O)C(O)C6O)C(C)(C=O)C5CCC4(C)C2(C)CC3O)C(OC2OC(C)C(OC3OCC(O)C(OC4OCC(O)(CO)C4O)C3O)C(O)C2O)C1OC(C)=O)OC(=O)CC(O)CC(OC1OC(CO)C(O)C1O)C(C)CC. The lowest BCUT2D eigenvalue weighted by Gasteiger charge is -2.71. The van der Waals surface area contributed by atoms with Gasteiger partial charge in [-0.3, -0.25) is 19.2 Å². The minimum atomic E-state index is -2.28. The molecule has 47 nitrogen and oxygen atoms in total. The molecule has 4 saturated carbocycles. The highest BCUT2D eigenvalue weighted by Gasteiger charge is 2.74. The van der Waals surface area contributed by atoms with Crippen LogP contribution in [0.15, 0.2) is 11.6 Å². The highest BCUT2D eigenvalue weighted by atomic mass is 16.8. The van der Waals surface area contributed by atoms with E-state index in [0.29, 0.717) is 38.5 Å². The van der Waals surface area contributed by atoms with E-state index in [2.05, 4.69) is 19.9 Å². The summed E-state index contributed by atoms with van der Waals surface area (Å²) in [6, 6.07) is 0. The molecule has 0 aromatic rings. The summed E-state index contributed by atoms with van der Waals surface area (Å²) >= 11 is 0. The number of hydrogen-bond acceptors (Lipinski definition) is 46. The largest absolute Gasteiger partial charge is 0.479 e. The Kier molecular flexibility index (Phi) is 36.6. The molecule has 52 unspecified atom stereocenters. The maximum Gasteiger partial charge on any atom is 0.335 e. The van der Waals surface area contributed by atoms with Gasteiger partial charge in [-0.05, 0) is 130 Å². The Morgan fingerprint density at radius 3 is 1.65 bits per heavy atom. The first-order valence-electron chi connectivity index (χ1n) is 49.6. The van der Waals surface area contributed by atoms with Crippen molar-refractivity contribution in [2.75, 3.05) is 33.0 Å². The molecule has 13 rings (SSSR count). The lowest BCUT2D eigenvalue weighted by atomic mass is 9.33. The predicted molar refractivity (Wildman–Crippen MR) is 472 cm³/mol. The predicted octanol–water partition coefficient (Wildman–Crippen LogP) is -4.73. The zero-order chi connectivity index (χ0) is 105. The first-order valence-corrected chi connectivity index (χ1v) is 49.6. The van der Waals surface area contributed by atoms with E-state index in [9.17, 15) is 136 Å². The number of carbonyl (C=O) groups is 6. The molecule has 0 bridgehead atoms. The second kappa shape index (κ2) is 45.5. The van der Waals surface area contributed by atoms with Crippen molar-refractivity contribution in [3.63, 3.8) is 0 Å². The number of fused-ring (bicyclic) bond motifs is 7. The maximum atomic E-state index is 16.6. The number of aliphatic hydroxyl groups is 21. The van der Waals surface area contributed by atoms with E-state index in [4.69, 9.17) is 90.0 Å². The van der Waals surface area contributed by atoms with Crippen LogP contribution in [0.1, 0.15) is 193 Å². The Bertz CT molecular complexity index is 4270. The summed E-state index contributed by atoms with van der Waals surface area (Å²) in [6.45, 7) is 20.4. The minimum absolute atomic E-state index is 0.0111. The van der Waals surface area contributed by atoms with Gasteiger partial charge in [-0.2, -0.15) is 0 Å².